The Balaban J connectivity index is 2.58. The van der Waals surface area contributed by atoms with E-state index in [1.807, 2.05) is 30.9 Å². The Morgan fingerprint density at radius 2 is 2.19 bits per heavy atom. The number of halogens is 1. The maximum Gasteiger partial charge on any atom is 0.249 e. The van der Waals surface area contributed by atoms with Gasteiger partial charge in [0.05, 0.1) is 5.69 Å². The van der Waals surface area contributed by atoms with Crippen LogP contribution in [0.25, 0.3) is 0 Å². The molecule has 5 heteroatoms. The van der Waals surface area contributed by atoms with Crippen molar-refractivity contribution in [2.75, 3.05) is 23.4 Å². The second kappa shape index (κ2) is 4.05. The van der Waals surface area contributed by atoms with E-state index in [1.165, 1.54) is 0 Å². The van der Waals surface area contributed by atoms with E-state index in [9.17, 15) is 4.79 Å². The van der Waals surface area contributed by atoms with E-state index in [0.29, 0.717) is 0 Å². The average molecular weight is 284 g/mol. The van der Waals surface area contributed by atoms with E-state index >= 15 is 0 Å². The molecular weight excluding hydrogens is 270 g/mol. The molecule has 1 atom stereocenters. The van der Waals surface area contributed by atoms with Gasteiger partial charge < -0.3 is 9.80 Å². The topological polar surface area (TPSA) is 36.4 Å². The van der Waals surface area contributed by atoms with Crippen LogP contribution in [0.3, 0.4) is 0 Å². The molecule has 0 saturated heterocycles. The van der Waals surface area contributed by atoms with Crippen LogP contribution in [0.2, 0.25) is 0 Å². The van der Waals surface area contributed by atoms with Crippen LogP contribution in [0.15, 0.2) is 16.7 Å². The SMILES string of the molecule is CCN1c2nc(Br)ccc2N(C)C(=O)[C@H]1C. The fraction of sp³-hybridized carbons (Fsp3) is 0.455. The molecule has 1 aliphatic heterocycles. The van der Waals surface area contributed by atoms with Gasteiger partial charge >= 0.3 is 0 Å². The lowest BCUT2D eigenvalue weighted by molar-refractivity contribution is -0.119. The Hall–Kier alpha value is -1.10. The molecule has 0 N–H and O–H groups in total. The first-order valence-electron chi connectivity index (χ1n) is 5.27. The Labute approximate surface area is 103 Å². The minimum Gasteiger partial charge on any atom is -0.343 e. The van der Waals surface area contributed by atoms with Crippen LogP contribution in [0, 0.1) is 0 Å². The molecule has 0 bridgehead atoms. The highest BCUT2D eigenvalue weighted by atomic mass is 79.9. The molecule has 4 nitrogen and oxygen atoms in total. The van der Waals surface area contributed by atoms with E-state index in [1.54, 1.807) is 11.9 Å². The first-order chi connectivity index (χ1) is 7.56. The summed E-state index contributed by atoms with van der Waals surface area (Å²) in [6.45, 7) is 4.71. The van der Waals surface area contributed by atoms with Crippen LogP contribution in [0.4, 0.5) is 11.5 Å². The number of carbonyl (C=O) groups excluding carboxylic acids is 1. The van der Waals surface area contributed by atoms with Gasteiger partial charge in [-0.25, -0.2) is 4.98 Å². The van der Waals surface area contributed by atoms with Crippen molar-refractivity contribution in [2.45, 2.75) is 19.9 Å². The number of aromatic nitrogens is 1. The lowest BCUT2D eigenvalue weighted by Gasteiger charge is -2.38. The van der Waals surface area contributed by atoms with Crippen LogP contribution in [-0.2, 0) is 4.79 Å². The monoisotopic (exact) mass is 283 g/mol. The minimum atomic E-state index is -0.149. The summed E-state index contributed by atoms with van der Waals surface area (Å²) in [4.78, 5) is 20.1. The van der Waals surface area contributed by atoms with Crippen molar-refractivity contribution in [2.24, 2.45) is 0 Å². The van der Waals surface area contributed by atoms with Crippen molar-refractivity contribution in [3.8, 4) is 0 Å². The van der Waals surface area contributed by atoms with Gasteiger partial charge in [-0.05, 0) is 41.9 Å². The zero-order chi connectivity index (χ0) is 11.9. The summed E-state index contributed by atoms with van der Waals surface area (Å²) < 4.78 is 0.791. The first-order valence-corrected chi connectivity index (χ1v) is 6.06. The van der Waals surface area contributed by atoms with Gasteiger partial charge in [0.15, 0.2) is 5.82 Å². The highest BCUT2D eigenvalue weighted by molar-refractivity contribution is 9.10. The smallest absolute Gasteiger partial charge is 0.249 e. The molecule has 1 aliphatic rings. The second-order valence-electron chi connectivity index (χ2n) is 3.84. The molecule has 16 heavy (non-hydrogen) atoms. The van der Waals surface area contributed by atoms with Gasteiger partial charge in [0.2, 0.25) is 5.91 Å². The van der Waals surface area contributed by atoms with Gasteiger partial charge in [0.25, 0.3) is 0 Å². The van der Waals surface area contributed by atoms with Gasteiger partial charge in [-0.3, -0.25) is 4.79 Å². The molecule has 2 rings (SSSR count). The number of fused-ring (bicyclic) bond motifs is 1. The van der Waals surface area contributed by atoms with Crippen molar-refractivity contribution in [3.05, 3.63) is 16.7 Å². The molecule has 0 aliphatic carbocycles. The van der Waals surface area contributed by atoms with Gasteiger partial charge in [-0.1, -0.05) is 0 Å². The number of nitrogens with zero attached hydrogens (tertiary/aromatic N) is 3. The number of likely N-dealkylation sites (N-methyl/N-ethyl adjacent to an activating group) is 2. The maximum absolute atomic E-state index is 12.0. The third kappa shape index (κ3) is 1.59. The van der Waals surface area contributed by atoms with E-state index < -0.39 is 0 Å². The van der Waals surface area contributed by atoms with Crippen molar-refractivity contribution in [3.63, 3.8) is 0 Å². The zero-order valence-corrected chi connectivity index (χ0v) is 11.2. The Kier molecular flexibility index (Phi) is 2.88. The van der Waals surface area contributed by atoms with E-state index in [0.717, 1.165) is 22.7 Å². The predicted molar refractivity (Wildman–Crippen MR) is 67.8 cm³/mol. The van der Waals surface area contributed by atoms with Crippen LogP contribution in [-0.4, -0.2) is 30.5 Å². The molecule has 0 spiro atoms. The summed E-state index contributed by atoms with van der Waals surface area (Å²) >= 11 is 3.36. The summed E-state index contributed by atoms with van der Waals surface area (Å²) in [6, 6.07) is 3.62. The quantitative estimate of drug-likeness (QED) is 0.740. The number of anilines is 2. The van der Waals surface area contributed by atoms with Gasteiger partial charge in [-0.2, -0.15) is 0 Å². The molecule has 2 heterocycles. The fourth-order valence-electron chi connectivity index (χ4n) is 2.03. The predicted octanol–water partition coefficient (Wildman–Crippen LogP) is 2.04. The van der Waals surface area contributed by atoms with Crippen molar-refractivity contribution < 1.29 is 4.79 Å². The molecule has 1 aromatic heterocycles. The Morgan fingerprint density at radius 1 is 1.50 bits per heavy atom. The normalized spacial score (nSPS) is 20.0. The number of amides is 1. The number of carbonyl (C=O) groups is 1. The summed E-state index contributed by atoms with van der Waals surface area (Å²) in [5.41, 5.74) is 0.869. The number of rotatable bonds is 1. The minimum absolute atomic E-state index is 0.110. The molecule has 1 amide bonds. The molecule has 0 unspecified atom stereocenters. The molecule has 0 fully saturated rings. The maximum atomic E-state index is 12.0. The standard InChI is InChI=1S/C11H14BrN3O/c1-4-15-7(2)11(16)14(3)8-5-6-9(12)13-10(8)15/h5-7H,4H2,1-3H3/t7-/m1/s1. The zero-order valence-electron chi connectivity index (χ0n) is 9.57. The number of hydrogen-bond donors (Lipinski definition) is 0. The highest BCUT2D eigenvalue weighted by Gasteiger charge is 2.33. The highest BCUT2D eigenvalue weighted by Crippen LogP contribution is 2.34. The lowest BCUT2D eigenvalue weighted by Crippen LogP contribution is -2.51. The van der Waals surface area contributed by atoms with Crippen molar-refractivity contribution >= 4 is 33.3 Å². The van der Waals surface area contributed by atoms with Gasteiger partial charge in [0.1, 0.15) is 10.6 Å². The average Bonchev–Trinajstić information content (AvgIpc) is 2.27. The summed E-state index contributed by atoms with van der Waals surface area (Å²) in [5, 5.41) is 0. The molecule has 0 saturated carbocycles. The largest absolute Gasteiger partial charge is 0.343 e. The molecular formula is C11H14BrN3O. The summed E-state index contributed by atoms with van der Waals surface area (Å²) in [6.07, 6.45) is 0. The molecule has 0 radical (unpaired) electrons. The number of hydrogen-bond acceptors (Lipinski definition) is 3. The molecule has 86 valence electrons. The summed E-state index contributed by atoms with van der Waals surface area (Å²) in [7, 11) is 1.79. The van der Waals surface area contributed by atoms with Crippen molar-refractivity contribution in [1.82, 2.24) is 4.98 Å². The first kappa shape index (κ1) is 11.4. The molecule has 0 aromatic carbocycles. The van der Waals surface area contributed by atoms with Crippen molar-refractivity contribution in [1.29, 1.82) is 0 Å². The third-order valence-electron chi connectivity index (χ3n) is 2.95. The van der Waals surface area contributed by atoms with Crippen LogP contribution < -0.4 is 9.80 Å². The molecule has 1 aromatic rings. The van der Waals surface area contributed by atoms with Gasteiger partial charge in [-0.15, -0.1) is 0 Å². The summed E-state index contributed by atoms with van der Waals surface area (Å²) in [5.74, 6) is 0.977. The van der Waals surface area contributed by atoms with Crippen LogP contribution in [0.5, 0.6) is 0 Å². The number of pyridine rings is 1. The second-order valence-corrected chi connectivity index (χ2v) is 4.65. The van der Waals surface area contributed by atoms with E-state index in [-0.39, 0.29) is 11.9 Å². The van der Waals surface area contributed by atoms with E-state index in [4.69, 9.17) is 0 Å². The Morgan fingerprint density at radius 3 is 2.81 bits per heavy atom. The lowest BCUT2D eigenvalue weighted by atomic mass is 10.1. The third-order valence-corrected chi connectivity index (χ3v) is 3.39. The van der Waals surface area contributed by atoms with E-state index in [2.05, 4.69) is 20.9 Å². The van der Waals surface area contributed by atoms with Crippen LogP contribution >= 0.6 is 15.9 Å². The van der Waals surface area contributed by atoms with Gasteiger partial charge in [0, 0.05) is 13.6 Å². The van der Waals surface area contributed by atoms with Crippen LogP contribution in [0.1, 0.15) is 13.8 Å². The fourth-order valence-corrected chi connectivity index (χ4v) is 2.33. The Bertz CT molecular complexity index is 435.